The molecule has 0 bridgehead atoms. The molecule has 0 unspecified atom stereocenters. The quantitative estimate of drug-likeness (QED) is 0.382. The molecule has 0 heterocycles. The van der Waals surface area contributed by atoms with Crippen LogP contribution in [0.4, 0.5) is 5.69 Å². The van der Waals surface area contributed by atoms with Crippen molar-refractivity contribution in [1.29, 1.82) is 0 Å². The van der Waals surface area contributed by atoms with E-state index >= 15 is 0 Å². The Morgan fingerprint density at radius 1 is 1.18 bits per heavy atom. The zero-order chi connectivity index (χ0) is 16.1. The van der Waals surface area contributed by atoms with Gasteiger partial charge in [0.2, 0.25) is 0 Å². The van der Waals surface area contributed by atoms with Crippen molar-refractivity contribution in [3.63, 3.8) is 0 Å². The van der Waals surface area contributed by atoms with Gasteiger partial charge in [0.25, 0.3) is 5.69 Å². The van der Waals surface area contributed by atoms with Crippen LogP contribution in [0.15, 0.2) is 47.6 Å². The van der Waals surface area contributed by atoms with Gasteiger partial charge in [-0.15, -0.1) is 0 Å². The van der Waals surface area contributed by atoms with Crippen LogP contribution in [-0.2, 0) is 11.4 Å². The maximum Gasteiger partial charge on any atom is 0.269 e. The molecule has 2 N–H and O–H groups in total. The van der Waals surface area contributed by atoms with E-state index < -0.39 is 4.92 Å². The Hall–Kier alpha value is -3.09. The molecule has 0 spiro atoms. The van der Waals surface area contributed by atoms with E-state index in [9.17, 15) is 20.3 Å². The molecular weight excluding hydrogens is 288 g/mol. The van der Waals surface area contributed by atoms with E-state index in [1.165, 1.54) is 24.3 Å². The molecule has 0 atom stereocenters. The summed E-state index contributed by atoms with van der Waals surface area (Å²) in [7, 11) is 0. The number of aromatic hydroxyl groups is 2. The Labute approximate surface area is 126 Å². The molecule has 0 radical (unpaired) electrons. The molecule has 114 valence electrons. The number of hydrogen-bond donors (Lipinski definition) is 2. The van der Waals surface area contributed by atoms with Crippen LogP contribution in [0.1, 0.15) is 18.1 Å². The predicted molar refractivity (Wildman–Crippen MR) is 79.9 cm³/mol. The van der Waals surface area contributed by atoms with Gasteiger partial charge in [0.15, 0.2) is 11.5 Å². The lowest BCUT2D eigenvalue weighted by Crippen LogP contribution is -1.97. The van der Waals surface area contributed by atoms with Crippen molar-refractivity contribution in [2.45, 2.75) is 13.5 Å². The second kappa shape index (κ2) is 6.57. The summed E-state index contributed by atoms with van der Waals surface area (Å²) in [4.78, 5) is 15.3. The third-order valence-corrected chi connectivity index (χ3v) is 2.97. The molecule has 2 aromatic rings. The first-order chi connectivity index (χ1) is 10.5. The van der Waals surface area contributed by atoms with Crippen LogP contribution >= 0.6 is 0 Å². The fourth-order valence-electron chi connectivity index (χ4n) is 1.72. The number of nitrogens with zero attached hydrogens (tertiary/aromatic N) is 2. The van der Waals surface area contributed by atoms with E-state index in [0.29, 0.717) is 11.3 Å². The minimum absolute atomic E-state index is 0.0167. The number of nitro benzene ring substituents is 1. The number of phenolic OH excluding ortho intramolecular Hbond substituents is 2. The van der Waals surface area contributed by atoms with Gasteiger partial charge in [-0.2, -0.15) is 0 Å². The molecule has 0 aliphatic rings. The monoisotopic (exact) mass is 302 g/mol. The number of phenols is 2. The van der Waals surface area contributed by atoms with Crippen LogP contribution in [0.3, 0.4) is 0 Å². The summed E-state index contributed by atoms with van der Waals surface area (Å²) in [5.41, 5.74) is 1.90. The normalized spacial score (nSPS) is 11.2. The fraction of sp³-hybridized carbons (Fsp3) is 0.133. The summed E-state index contributed by atoms with van der Waals surface area (Å²) in [5.74, 6) is -0.439. The van der Waals surface area contributed by atoms with E-state index in [4.69, 9.17) is 4.84 Å². The number of oxime groups is 1. The van der Waals surface area contributed by atoms with Gasteiger partial charge < -0.3 is 15.1 Å². The summed E-state index contributed by atoms with van der Waals surface area (Å²) in [6.07, 6.45) is 0. The lowest BCUT2D eigenvalue weighted by Gasteiger charge is -2.04. The molecule has 7 nitrogen and oxygen atoms in total. The summed E-state index contributed by atoms with van der Waals surface area (Å²) >= 11 is 0. The summed E-state index contributed by atoms with van der Waals surface area (Å²) in [5, 5.41) is 33.1. The lowest BCUT2D eigenvalue weighted by molar-refractivity contribution is -0.384. The van der Waals surface area contributed by atoms with Crippen molar-refractivity contribution in [3.8, 4) is 11.5 Å². The average molecular weight is 302 g/mol. The Balaban J connectivity index is 1.99. The molecule has 7 heteroatoms. The van der Waals surface area contributed by atoms with Crippen molar-refractivity contribution in [1.82, 2.24) is 0 Å². The van der Waals surface area contributed by atoms with Gasteiger partial charge in [-0.1, -0.05) is 5.16 Å². The fourth-order valence-corrected chi connectivity index (χ4v) is 1.72. The highest BCUT2D eigenvalue weighted by molar-refractivity contribution is 5.98. The molecule has 0 aromatic heterocycles. The van der Waals surface area contributed by atoms with Crippen LogP contribution < -0.4 is 0 Å². The third-order valence-electron chi connectivity index (χ3n) is 2.97. The molecule has 0 saturated carbocycles. The molecule has 2 rings (SSSR count). The van der Waals surface area contributed by atoms with E-state index in [1.807, 2.05) is 0 Å². The van der Waals surface area contributed by atoms with Crippen molar-refractivity contribution < 1.29 is 20.0 Å². The SMILES string of the molecule is C/C(=N\OCc1ccc([N+](=O)[O-])cc1)c1ccc(O)c(O)c1. The molecule has 0 amide bonds. The molecule has 0 fully saturated rings. The number of nitro groups is 1. The highest BCUT2D eigenvalue weighted by Crippen LogP contribution is 2.25. The average Bonchev–Trinajstić information content (AvgIpc) is 2.50. The second-order valence-corrected chi connectivity index (χ2v) is 4.58. The lowest BCUT2D eigenvalue weighted by atomic mass is 10.1. The van der Waals surface area contributed by atoms with Gasteiger partial charge in [-0.25, -0.2) is 0 Å². The Morgan fingerprint density at radius 2 is 1.86 bits per heavy atom. The zero-order valence-corrected chi connectivity index (χ0v) is 11.8. The molecule has 2 aromatic carbocycles. The number of non-ortho nitro benzene ring substituents is 1. The first-order valence-corrected chi connectivity index (χ1v) is 6.39. The first-order valence-electron chi connectivity index (χ1n) is 6.39. The van der Waals surface area contributed by atoms with Crippen molar-refractivity contribution in [2.75, 3.05) is 0 Å². The van der Waals surface area contributed by atoms with Crippen LogP contribution in [0, 0.1) is 10.1 Å². The Morgan fingerprint density at radius 3 is 2.45 bits per heavy atom. The minimum Gasteiger partial charge on any atom is -0.504 e. The summed E-state index contributed by atoms with van der Waals surface area (Å²) in [6.45, 7) is 1.86. The third kappa shape index (κ3) is 3.72. The molecular formula is C15H14N2O5. The maximum atomic E-state index is 10.5. The topological polar surface area (TPSA) is 105 Å². The summed E-state index contributed by atoms with van der Waals surface area (Å²) < 4.78 is 0. The number of benzene rings is 2. The molecule has 0 saturated heterocycles. The van der Waals surface area contributed by atoms with Crippen LogP contribution in [0.2, 0.25) is 0 Å². The molecule has 0 aliphatic carbocycles. The van der Waals surface area contributed by atoms with Crippen molar-refractivity contribution >= 4 is 11.4 Å². The minimum atomic E-state index is -0.468. The second-order valence-electron chi connectivity index (χ2n) is 4.58. The van der Waals surface area contributed by atoms with E-state index in [0.717, 1.165) is 5.56 Å². The first kappa shape index (κ1) is 15.3. The Bertz CT molecular complexity index is 710. The van der Waals surface area contributed by atoms with E-state index in [-0.39, 0.29) is 23.8 Å². The Kier molecular flexibility index (Phi) is 4.57. The molecule has 0 aliphatic heterocycles. The zero-order valence-electron chi connectivity index (χ0n) is 11.8. The standard InChI is InChI=1S/C15H14N2O5/c1-10(12-4-7-14(18)15(19)8-12)16-22-9-11-2-5-13(6-3-11)17(20)21/h2-8,18-19H,9H2,1H3/b16-10+. The summed E-state index contributed by atoms with van der Waals surface area (Å²) in [6, 6.07) is 10.3. The number of rotatable bonds is 5. The van der Waals surface area contributed by atoms with Crippen LogP contribution in [-0.4, -0.2) is 20.8 Å². The van der Waals surface area contributed by atoms with Gasteiger partial charge >= 0.3 is 0 Å². The van der Waals surface area contributed by atoms with Crippen LogP contribution in [0.5, 0.6) is 11.5 Å². The van der Waals surface area contributed by atoms with Gasteiger partial charge in [-0.3, -0.25) is 10.1 Å². The highest BCUT2D eigenvalue weighted by atomic mass is 16.6. The van der Waals surface area contributed by atoms with Gasteiger partial charge in [-0.05, 0) is 42.8 Å². The van der Waals surface area contributed by atoms with E-state index in [1.54, 1.807) is 25.1 Å². The van der Waals surface area contributed by atoms with Crippen molar-refractivity contribution in [2.24, 2.45) is 5.16 Å². The maximum absolute atomic E-state index is 10.5. The predicted octanol–water partition coefficient (Wildman–Crippen LogP) is 2.95. The molecule has 22 heavy (non-hydrogen) atoms. The van der Waals surface area contributed by atoms with E-state index in [2.05, 4.69) is 5.16 Å². The number of hydrogen-bond acceptors (Lipinski definition) is 6. The smallest absolute Gasteiger partial charge is 0.269 e. The van der Waals surface area contributed by atoms with Gasteiger partial charge in [0.05, 0.1) is 10.6 Å². The largest absolute Gasteiger partial charge is 0.504 e. The van der Waals surface area contributed by atoms with Crippen molar-refractivity contribution in [3.05, 3.63) is 63.7 Å². The van der Waals surface area contributed by atoms with Crippen LogP contribution in [0.25, 0.3) is 0 Å². The van der Waals surface area contributed by atoms with Gasteiger partial charge in [0, 0.05) is 17.7 Å². The highest BCUT2D eigenvalue weighted by Gasteiger charge is 2.05. The van der Waals surface area contributed by atoms with Gasteiger partial charge in [0.1, 0.15) is 6.61 Å².